The van der Waals surface area contributed by atoms with Crippen LogP contribution in [0.15, 0.2) is 18.2 Å². The number of aromatic nitrogens is 3. The maximum Gasteiger partial charge on any atom is 0.165 e. The molecule has 0 aliphatic heterocycles. The molecule has 4 heteroatoms. The maximum absolute atomic E-state index is 11.9. The standard InChI is InChI=1S/C11H13N3O/c1-3-7(2)11(15)8-4-5-9-10(6-8)13-14-12-9/h4-7H,3H2,1-2H3,(H,12,13,14). The Morgan fingerprint density at radius 2 is 2.13 bits per heavy atom. The SMILES string of the molecule is CCC(C)C(=O)c1ccc2n[nH]nc2c1. The molecule has 4 nitrogen and oxygen atoms in total. The zero-order chi connectivity index (χ0) is 10.8. The van der Waals surface area contributed by atoms with E-state index >= 15 is 0 Å². The number of H-pyrrole nitrogens is 1. The van der Waals surface area contributed by atoms with Gasteiger partial charge in [-0.15, -0.1) is 0 Å². The molecule has 0 aliphatic carbocycles. The van der Waals surface area contributed by atoms with Gasteiger partial charge in [-0.25, -0.2) is 0 Å². The lowest BCUT2D eigenvalue weighted by Gasteiger charge is -2.06. The molecule has 1 atom stereocenters. The predicted octanol–water partition coefficient (Wildman–Crippen LogP) is 2.19. The Morgan fingerprint density at radius 3 is 2.87 bits per heavy atom. The normalized spacial score (nSPS) is 12.9. The van der Waals surface area contributed by atoms with Gasteiger partial charge in [0.25, 0.3) is 0 Å². The molecular formula is C11H13N3O. The van der Waals surface area contributed by atoms with Gasteiger partial charge < -0.3 is 0 Å². The van der Waals surface area contributed by atoms with E-state index in [4.69, 9.17) is 0 Å². The first-order valence-electron chi connectivity index (χ1n) is 5.07. The lowest BCUT2D eigenvalue weighted by Crippen LogP contribution is -2.09. The van der Waals surface area contributed by atoms with Crippen molar-refractivity contribution in [2.45, 2.75) is 20.3 Å². The third-order valence-corrected chi connectivity index (χ3v) is 2.66. The third kappa shape index (κ3) is 1.75. The summed E-state index contributed by atoms with van der Waals surface area (Å²) in [5.74, 6) is 0.233. The number of fused-ring (bicyclic) bond motifs is 1. The first-order chi connectivity index (χ1) is 7.22. The van der Waals surface area contributed by atoms with Crippen LogP contribution in [0, 0.1) is 5.92 Å². The van der Waals surface area contributed by atoms with Crippen molar-refractivity contribution in [1.29, 1.82) is 0 Å². The molecule has 78 valence electrons. The highest BCUT2D eigenvalue weighted by Gasteiger charge is 2.13. The summed E-state index contributed by atoms with van der Waals surface area (Å²) < 4.78 is 0. The van der Waals surface area contributed by atoms with Gasteiger partial charge in [-0.2, -0.15) is 15.4 Å². The number of benzene rings is 1. The van der Waals surface area contributed by atoms with Crippen molar-refractivity contribution in [2.24, 2.45) is 5.92 Å². The number of ketones is 1. The molecule has 2 rings (SSSR count). The van der Waals surface area contributed by atoms with Crippen molar-refractivity contribution in [1.82, 2.24) is 15.4 Å². The summed E-state index contributed by atoms with van der Waals surface area (Å²) in [7, 11) is 0. The fourth-order valence-electron chi connectivity index (χ4n) is 1.46. The molecule has 0 spiro atoms. The summed E-state index contributed by atoms with van der Waals surface area (Å²) in [5, 5.41) is 10.4. The summed E-state index contributed by atoms with van der Waals surface area (Å²) >= 11 is 0. The summed E-state index contributed by atoms with van der Waals surface area (Å²) in [5.41, 5.74) is 2.24. The van der Waals surface area contributed by atoms with Crippen LogP contribution in [0.25, 0.3) is 11.0 Å². The first kappa shape index (κ1) is 9.83. The van der Waals surface area contributed by atoms with Gasteiger partial charge in [-0.1, -0.05) is 13.8 Å². The van der Waals surface area contributed by atoms with Crippen molar-refractivity contribution in [3.8, 4) is 0 Å². The second-order valence-electron chi connectivity index (χ2n) is 3.70. The highest BCUT2D eigenvalue weighted by atomic mass is 16.1. The second kappa shape index (κ2) is 3.81. The van der Waals surface area contributed by atoms with E-state index in [9.17, 15) is 4.79 Å². The number of carbonyl (C=O) groups is 1. The van der Waals surface area contributed by atoms with Crippen LogP contribution >= 0.6 is 0 Å². The molecule has 0 bridgehead atoms. The van der Waals surface area contributed by atoms with Crippen molar-refractivity contribution in [3.05, 3.63) is 23.8 Å². The van der Waals surface area contributed by atoms with E-state index in [1.807, 2.05) is 19.9 Å². The van der Waals surface area contributed by atoms with E-state index in [1.165, 1.54) is 0 Å². The summed E-state index contributed by atoms with van der Waals surface area (Å²) in [6, 6.07) is 5.40. The summed E-state index contributed by atoms with van der Waals surface area (Å²) in [4.78, 5) is 11.9. The minimum absolute atomic E-state index is 0.0642. The van der Waals surface area contributed by atoms with Crippen LogP contribution in [-0.2, 0) is 0 Å². The first-order valence-corrected chi connectivity index (χ1v) is 5.07. The van der Waals surface area contributed by atoms with Gasteiger partial charge in [0.1, 0.15) is 11.0 Å². The molecule has 15 heavy (non-hydrogen) atoms. The monoisotopic (exact) mass is 203 g/mol. The molecule has 0 radical (unpaired) electrons. The fraction of sp³-hybridized carbons (Fsp3) is 0.364. The van der Waals surface area contributed by atoms with E-state index in [0.717, 1.165) is 17.5 Å². The lowest BCUT2D eigenvalue weighted by molar-refractivity contribution is 0.0927. The summed E-state index contributed by atoms with van der Waals surface area (Å²) in [6.45, 7) is 3.95. The van der Waals surface area contributed by atoms with Crippen molar-refractivity contribution in [3.63, 3.8) is 0 Å². The smallest absolute Gasteiger partial charge is 0.165 e. The minimum atomic E-state index is 0.0642. The number of nitrogens with one attached hydrogen (secondary N) is 1. The molecule has 0 aliphatic rings. The van der Waals surface area contributed by atoms with Gasteiger partial charge in [0.2, 0.25) is 0 Å². The number of aromatic amines is 1. The molecule has 1 unspecified atom stereocenters. The Labute approximate surface area is 87.7 Å². The number of carbonyl (C=O) groups excluding carboxylic acids is 1. The molecule has 1 aromatic carbocycles. The average Bonchev–Trinajstić information content (AvgIpc) is 2.73. The number of Topliss-reactive ketones (excluding diaryl/α,β-unsaturated/α-hetero) is 1. The Hall–Kier alpha value is -1.71. The molecule has 0 amide bonds. The van der Waals surface area contributed by atoms with Crippen LogP contribution < -0.4 is 0 Å². The Kier molecular flexibility index (Phi) is 2.49. The highest BCUT2D eigenvalue weighted by molar-refractivity contribution is 6.00. The molecule has 1 aromatic heterocycles. The van der Waals surface area contributed by atoms with Crippen LogP contribution in [0.4, 0.5) is 0 Å². The second-order valence-corrected chi connectivity index (χ2v) is 3.70. The molecule has 0 fully saturated rings. The summed E-state index contributed by atoms with van der Waals surface area (Å²) in [6.07, 6.45) is 0.857. The number of hydrogen-bond acceptors (Lipinski definition) is 3. The third-order valence-electron chi connectivity index (χ3n) is 2.66. The number of rotatable bonds is 3. The van der Waals surface area contributed by atoms with Gasteiger partial charge in [-0.3, -0.25) is 4.79 Å². The lowest BCUT2D eigenvalue weighted by atomic mass is 9.97. The molecule has 0 saturated carbocycles. The van der Waals surface area contributed by atoms with Crippen LogP contribution in [-0.4, -0.2) is 21.2 Å². The zero-order valence-electron chi connectivity index (χ0n) is 8.82. The maximum atomic E-state index is 11.9. The van der Waals surface area contributed by atoms with E-state index in [0.29, 0.717) is 5.56 Å². The van der Waals surface area contributed by atoms with Crippen LogP contribution in [0.5, 0.6) is 0 Å². The van der Waals surface area contributed by atoms with E-state index < -0.39 is 0 Å². The molecule has 1 heterocycles. The van der Waals surface area contributed by atoms with Crippen LogP contribution in [0.1, 0.15) is 30.6 Å². The highest BCUT2D eigenvalue weighted by Crippen LogP contribution is 2.15. The van der Waals surface area contributed by atoms with Gasteiger partial charge in [0.05, 0.1) is 0 Å². The molecular weight excluding hydrogens is 190 g/mol. The Morgan fingerprint density at radius 1 is 1.40 bits per heavy atom. The van der Waals surface area contributed by atoms with Gasteiger partial charge in [0.15, 0.2) is 5.78 Å². The molecule has 2 aromatic rings. The van der Waals surface area contributed by atoms with Crippen molar-refractivity contribution in [2.75, 3.05) is 0 Å². The van der Waals surface area contributed by atoms with E-state index in [1.54, 1.807) is 12.1 Å². The minimum Gasteiger partial charge on any atom is -0.294 e. The van der Waals surface area contributed by atoms with Crippen LogP contribution in [0.3, 0.4) is 0 Å². The van der Waals surface area contributed by atoms with Gasteiger partial charge in [-0.05, 0) is 24.6 Å². The fourth-order valence-corrected chi connectivity index (χ4v) is 1.46. The van der Waals surface area contributed by atoms with E-state index in [-0.39, 0.29) is 11.7 Å². The van der Waals surface area contributed by atoms with Gasteiger partial charge >= 0.3 is 0 Å². The molecule has 0 saturated heterocycles. The Bertz CT molecular complexity index is 489. The number of hydrogen-bond donors (Lipinski definition) is 1. The predicted molar refractivity (Wildman–Crippen MR) is 57.7 cm³/mol. The van der Waals surface area contributed by atoms with Gasteiger partial charge in [0, 0.05) is 11.5 Å². The van der Waals surface area contributed by atoms with E-state index in [2.05, 4.69) is 15.4 Å². The van der Waals surface area contributed by atoms with Crippen molar-refractivity contribution < 1.29 is 4.79 Å². The Balaban J connectivity index is 2.39. The molecule has 1 N–H and O–H groups in total. The average molecular weight is 203 g/mol. The quantitative estimate of drug-likeness (QED) is 0.778. The van der Waals surface area contributed by atoms with Crippen molar-refractivity contribution >= 4 is 16.8 Å². The number of nitrogens with zero attached hydrogens (tertiary/aromatic N) is 2. The topological polar surface area (TPSA) is 58.6 Å². The van der Waals surface area contributed by atoms with Crippen LogP contribution in [0.2, 0.25) is 0 Å². The zero-order valence-corrected chi connectivity index (χ0v) is 8.82. The largest absolute Gasteiger partial charge is 0.294 e.